The van der Waals surface area contributed by atoms with E-state index >= 15 is 0 Å². The Morgan fingerprint density at radius 3 is 2.25 bits per heavy atom. The molecule has 7 nitrogen and oxygen atoms in total. The van der Waals surface area contributed by atoms with Crippen LogP contribution in [-0.2, 0) is 24.6 Å². The average Bonchev–Trinajstić information content (AvgIpc) is 3.20. The van der Waals surface area contributed by atoms with Crippen LogP contribution >= 0.6 is 0 Å². The summed E-state index contributed by atoms with van der Waals surface area (Å²) >= 11 is 0. The van der Waals surface area contributed by atoms with Crippen molar-refractivity contribution in [3.8, 4) is 0 Å². The lowest BCUT2D eigenvalue weighted by atomic mass is 9.83. The van der Waals surface area contributed by atoms with Crippen molar-refractivity contribution < 1.29 is 24.2 Å². The summed E-state index contributed by atoms with van der Waals surface area (Å²) in [5.74, 6) is -2.45. The van der Waals surface area contributed by atoms with E-state index in [-0.39, 0.29) is 12.1 Å². The van der Waals surface area contributed by atoms with Crippen LogP contribution in [0, 0.1) is 0 Å². The van der Waals surface area contributed by atoms with E-state index in [9.17, 15) is 14.7 Å². The van der Waals surface area contributed by atoms with Crippen molar-refractivity contribution >= 4 is 17.6 Å². The first-order valence-electron chi connectivity index (χ1n) is 8.80. The van der Waals surface area contributed by atoms with Gasteiger partial charge < -0.3 is 19.5 Å². The Hall–Kier alpha value is -3.32. The minimum Gasteiger partial charge on any atom is -0.868 e. The van der Waals surface area contributed by atoms with Gasteiger partial charge >= 0.3 is 5.97 Å². The van der Waals surface area contributed by atoms with E-state index in [2.05, 4.69) is 0 Å². The summed E-state index contributed by atoms with van der Waals surface area (Å²) in [5.41, 5.74) is -0.0238. The molecule has 0 unspecified atom stereocenters. The van der Waals surface area contributed by atoms with Crippen LogP contribution in [0.4, 0.5) is 5.69 Å². The van der Waals surface area contributed by atoms with Gasteiger partial charge in [0.15, 0.2) is 0 Å². The predicted molar refractivity (Wildman–Crippen MR) is 98.6 cm³/mol. The monoisotopic (exact) mass is 379 g/mol. The number of carbonyl (C=O) groups is 2. The maximum absolute atomic E-state index is 13.0. The van der Waals surface area contributed by atoms with Gasteiger partial charge in [0, 0.05) is 12.8 Å². The topological polar surface area (TPSA) is 82.1 Å². The summed E-state index contributed by atoms with van der Waals surface area (Å²) in [6.45, 7) is 0.182. The molecule has 0 bridgehead atoms. The summed E-state index contributed by atoms with van der Waals surface area (Å²) < 4.78 is 10.5. The van der Waals surface area contributed by atoms with Crippen LogP contribution in [0.25, 0.3) is 0 Å². The molecule has 1 fully saturated rings. The van der Waals surface area contributed by atoms with E-state index in [1.165, 1.54) is 19.1 Å². The van der Waals surface area contributed by atoms with Gasteiger partial charge in [0.1, 0.15) is 5.54 Å². The van der Waals surface area contributed by atoms with Gasteiger partial charge in [0.05, 0.1) is 19.2 Å². The van der Waals surface area contributed by atoms with Gasteiger partial charge in [-0.05, 0) is 23.5 Å². The molecule has 2 aliphatic heterocycles. The number of amides is 1. The number of benzene rings is 2. The number of para-hydroxylation sites is 1. The largest absolute Gasteiger partial charge is 0.868 e. The van der Waals surface area contributed by atoms with Crippen molar-refractivity contribution in [2.24, 2.45) is 0 Å². The number of methoxy groups -OCH3 is 2. The molecular weight excluding hydrogens is 360 g/mol. The van der Waals surface area contributed by atoms with Crippen molar-refractivity contribution in [1.29, 1.82) is 0 Å². The quantitative estimate of drug-likeness (QED) is 0.736. The lowest BCUT2D eigenvalue weighted by molar-refractivity contribution is -0.300. The van der Waals surface area contributed by atoms with E-state index < -0.39 is 29.5 Å². The Kier molecular flexibility index (Phi) is 4.31. The van der Waals surface area contributed by atoms with Gasteiger partial charge in [-0.15, -0.1) is 0 Å². The number of esters is 1. The third-order valence-corrected chi connectivity index (χ3v) is 5.29. The molecule has 2 aromatic rings. The molecule has 2 heterocycles. The van der Waals surface area contributed by atoms with Crippen molar-refractivity contribution in [3.05, 3.63) is 77.6 Å². The zero-order chi connectivity index (χ0) is 19.9. The molecule has 0 aliphatic carbocycles. The molecule has 0 N–H and O–H groups in total. The molecule has 7 heteroatoms. The molecule has 2 aliphatic rings. The average molecular weight is 379 g/mol. The number of hydrogen-bond acceptors (Lipinski definition) is 6. The molecule has 28 heavy (non-hydrogen) atoms. The van der Waals surface area contributed by atoms with Crippen LogP contribution in [0.3, 0.4) is 0 Å². The lowest BCUT2D eigenvalue weighted by Gasteiger charge is -2.35. The fourth-order valence-corrected chi connectivity index (χ4v) is 4.13. The molecular formula is C21H19N2O5-. The minimum absolute atomic E-state index is 0.182. The van der Waals surface area contributed by atoms with Gasteiger partial charge in [-0.1, -0.05) is 48.5 Å². The van der Waals surface area contributed by atoms with Gasteiger partial charge in [-0.3, -0.25) is 9.69 Å². The van der Waals surface area contributed by atoms with Crippen molar-refractivity contribution in [3.63, 3.8) is 0 Å². The maximum Gasteiger partial charge on any atom is 0.336 e. The number of carbonyl (C=O) groups excluding carboxylic acids is 2. The summed E-state index contributed by atoms with van der Waals surface area (Å²) in [6, 6.07) is 18.4. The molecule has 0 saturated carbocycles. The Bertz CT molecular complexity index is 944. The molecule has 2 aromatic carbocycles. The Morgan fingerprint density at radius 1 is 1.07 bits per heavy atom. The van der Waals surface area contributed by atoms with E-state index in [0.29, 0.717) is 5.56 Å². The van der Waals surface area contributed by atoms with Crippen molar-refractivity contribution in [2.45, 2.75) is 11.9 Å². The van der Waals surface area contributed by atoms with Gasteiger partial charge in [0.25, 0.3) is 0 Å². The van der Waals surface area contributed by atoms with E-state index in [4.69, 9.17) is 9.47 Å². The van der Waals surface area contributed by atoms with E-state index in [1.54, 1.807) is 24.3 Å². The second-order valence-electron chi connectivity index (χ2n) is 6.62. The third-order valence-electron chi connectivity index (χ3n) is 5.29. The Balaban J connectivity index is 1.96. The van der Waals surface area contributed by atoms with Crippen LogP contribution < -0.4 is 10.0 Å². The lowest BCUT2D eigenvalue weighted by Crippen LogP contribution is -2.48. The number of anilines is 1. The molecule has 1 saturated heterocycles. The number of fused-ring (bicyclic) bond motifs is 1. The maximum atomic E-state index is 13.0. The number of nitrogens with zero attached hydrogens (tertiary/aromatic N) is 2. The molecule has 4 rings (SSSR count). The molecule has 144 valence electrons. The number of hydrogen-bond donors (Lipinski definition) is 0. The van der Waals surface area contributed by atoms with E-state index in [1.807, 2.05) is 41.3 Å². The Morgan fingerprint density at radius 2 is 1.68 bits per heavy atom. The van der Waals surface area contributed by atoms with Crippen LogP contribution in [0.15, 0.2) is 72.0 Å². The number of rotatable bonds is 4. The molecule has 2 atom stereocenters. The zero-order valence-corrected chi connectivity index (χ0v) is 15.5. The van der Waals surface area contributed by atoms with Crippen molar-refractivity contribution in [1.82, 2.24) is 4.90 Å². The highest BCUT2D eigenvalue weighted by atomic mass is 16.5. The second kappa shape index (κ2) is 6.69. The fraction of sp³-hybridized carbons (Fsp3) is 0.238. The minimum atomic E-state index is -1.29. The first-order valence-corrected chi connectivity index (χ1v) is 8.80. The van der Waals surface area contributed by atoms with Crippen molar-refractivity contribution in [2.75, 3.05) is 25.7 Å². The third kappa shape index (κ3) is 2.33. The molecule has 1 amide bonds. The highest BCUT2D eigenvalue weighted by Crippen LogP contribution is 2.50. The highest BCUT2D eigenvalue weighted by Gasteiger charge is 2.62. The predicted octanol–water partition coefficient (Wildman–Crippen LogP) is 0.962. The van der Waals surface area contributed by atoms with Gasteiger partial charge in [0.2, 0.25) is 12.3 Å². The summed E-state index contributed by atoms with van der Waals surface area (Å²) in [6.07, 6.45) is -0.846. The normalized spacial score (nSPS) is 23.9. The first-order chi connectivity index (χ1) is 13.6. The van der Waals surface area contributed by atoms with Crippen LogP contribution in [0.5, 0.6) is 0 Å². The second-order valence-corrected chi connectivity index (χ2v) is 6.62. The smallest absolute Gasteiger partial charge is 0.336 e. The summed E-state index contributed by atoms with van der Waals surface area (Å²) in [5, 5.41) is 12.8. The SMILES string of the molecule is COC(=O)C1=C([O-])C(=O)N2[C@@H](OC)N(c3ccccc3)C[C@]12c1ccccc1. The van der Waals surface area contributed by atoms with Crippen LogP contribution in [0.1, 0.15) is 5.56 Å². The van der Waals surface area contributed by atoms with E-state index in [0.717, 1.165) is 5.69 Å². The first kappa shape index (κ1) is 18.1. The fourth-order valence-electron chi connectivity index (χ4n) is 4.13. The standard InChI is InChI=1S/C21H20N2O5/c1-27-19(26)16-17(24)18(25)23-20(28-2)22(15-11-7-4-8-12-15)13-21(16,23)14-9-5-3-6-10-14/h3-12,20,24H,13H2,1-2H3/p-1/t20-,21-/m0/s1. The van der Waals surface area contributed by atoms with Gasteiger partial charge in [-0.25, -0.2) is 4.79 Å². The highest BCUT2D eigenvalue weighted by molar-refractivity contribution is 6.08. The zero-order valence-electron chi connectivity index (χ0n) is 15.5. The van der Waals surface area contributed by atoms with Crippen LogP contribution in [-0.4, -0.2) is 43.9 Å². The summed E-state index contributed by atoms with van der Waals surface area (Å²) in [7, 11) is 2.67. The number of ether oxygens (including phenoxy) is 2. The molecule has 0 spiro atoms. The molecule has 0 aromatic heterocycles. The molecule has 0 radical (unpaired) electrons. The van der Waals surface area contributed by atoms with Gasteiger partial charge in [-0.2, -0.15) is 0 Å². The Labute approximate surface area is 162 Å². The van der Waals surface area contributed by atoms with Crippen LogP contribution in [0.2, 0.25) is 0 Å². The summed E-state index contributed by atoms with van der Waals surface area (Å²) in [4.78, 5) is 28.8.